The fourth-order valence-corrected chi connectivity index (χ4v) is 4.85. The zero-order valence-electron chi connectivity index (χ0n) is 14.7. The van der Waals surface area contributed by atoms with Crippen LogP contribution in [0.3, 0.4) is 0 Å². The number of halogens is 1. The summed E-state index contributed by atoms with van der Waals surface area (Å²) in [5, 5.41) is 2.84. The summed E-state index contributed by atoms with van der Waals surface area (Å²) in [6.45, 7) is 0.492. The maximum absolute atomic E-state index is 12.5. The number of methoxy groups -OCH3 is 1. The van der Waals surface area contributed by atoms with Crippen molar-refractivity contribution in [3.63, 3.8) is 0 Å². The van der Waals surface area contributed by atoms with Crippen molar-refractivity contribution in [1.29, 1.82) is 0 Å². The van der Waals surface area contributed by atoms with E-state index in [2.05, 4.69) is 10.0 Å². The highest BCUT2D eigenvalue weighted by Gasteiger charge is 2.33. The number of carbonyl (C=O) groups excluding carboxylic acids is 1. The van der Waals surface area contributed by atoms with Gasteiger partial charge in [-0.05, 0) is 56.3 Å². The van der Waals surface area contributed by atoms with E-state index in [0.29, 0.717) is 12.2 Å². The summed E-state index contributed by atoms with van der Waals surface area (Å²) in [4.78, 5) is 12.6. The zero-order valence-corrected chi connectivity index (χ0v) is 16.4. The number of benzene rings is 1. The van der Waals surface area contributed by atoms with Gasteiger partial charge in [-0.25, -0.2) is 13.1 Å². The minimum atomic E-state index is -3.68. The molecule has 2 aliphatic rings. The van der Waals surface area contributed by atoms with Gasteiger partial charge in [-0.1, -0.05) is 6.42 Å². The number of carbonyl (C=O) groups is 1. The first-order valence-corrected chi connectivity index (χ1v) is 10.1. The van der Waals surface area contributed by atoms with E-state index in [9.17, 15) is 13.2 Å². The van der Waals surface area contributed by atoms with Crippen molar-refractivity contribution >= 4 is 34.0 Å². The molecule has 0 spiro atoms. The molecule has 2 saturated carbocycles. The Balaban J connectivity index is 0.00000243. The van der Waals surface area contributed by atoms with Crippen LogP contribution in [0.4, 0.5) is 5.69 Å². The lowest BCUT2D eigenvalue weighted by Gasteiger charge is -2.18. The quantitative estimate of drug-likeness (QED) is 0.643. The van der Waals surface area contributed by atoms with Crippen molar-refractivity contribution in [3.8, 4) is 5.75 Å². The molecule has 0 radical (unpaired) electrons. The Labute approximate surface area is 160 Å². The van der Waals surface area contributed by atoms with Crippen molar-refractivity contribution < 1.29 is 17.9 Å². The number of hydrogen-bond acceptors (Lipinski definition) is 5. The predicted molar refractivity (Wildman–Crippen MR) is 102 cm³/mol. The third-order valence-corrected chi connectivity index (χ3v) is 6.46. The number of ether oxygens (including phenoxy) is 1. The van der Waals surface area contributed by atoms with Crippen molar-refractivity contribution in [3.05, 3.63) is 18.2 Å². The van der Waals surface area contributed by atoms with E-state index in [1.165, 1.54) is 13.2 Å². The molecule has 2 aliphatic carbocycles. The van der Waals surface area contributed by atoms with Gasteiger partial charge < -0.3 is 15.8 Å². The van der Waals surface area contributed by atoms with Crippen LogP contribution in [-0.4, -0.2) is 34.0 Å². The molecule has 2 fully saturated rings. The van der Waals surface area contributed by atoms with E-state index in [4.69, 9.17) is 10.5 Å². The largest absolute Gasteiger partial charge is 0.495 e. The highest BCUT2D eigenvalue weighted by molar-refractivity contribution is 7.89. The van der Waals surface area contributed by atoms with Gasteiger partial charge in [0.1, 0.15) is 10.6 Å². The summed E-state index contributed by atoms with van der Waals surface area (Å²) < 4.78 is 32.9. The zero-order chi connectivity index (χ0) is 18.0. The fourth-order valence-electron chi connectivity index (χ4n) is 3.35. The van der Waals surface area contributed by atoms with Gasteiger partial charge in [0.25, 0.3) is 0 Å². The Morgan fingerprint density at radius 1 is 1.27 bits per heavy atom. The molecule has 0 saturated heterocycles. The summed E-state index contributed by atoms with van der Waals surface area (Å²) in [6.07, 6.45) is 4.47. The molecule has 9 heteroatoms. The molecule has 0 aromatic heterocycles. The van der Waals surface area contributed by atoms with Gasteiger partial charge in [0.2, 0.25) is 15.9 Å². The predicted octanol–water partition coefficient (Wildman–Crippen LogP) is 1.87. The van der Waals surface area contributed by atoms with Crippen molar-refractivity contribution in [2.75, 3.05) is 19.0 Å². The Morgan fingerprint density at radius 3 is 2.62 bits per heavy atom. The molecular weight excluding hydrogens is 378 g/mol. The van der Waals surface area contributed by atoms with Gasteiger partial charge in [-0.2, -0.15) is 0 Å². The van der Waals surface area contributed by atoms with E-state index < -0.39 is 10.0 Å². The first-order chi connectivity index (χ1) is 11.9. The molecule has 1 aromatic rings. The SMILES string of the molecule is COc1ccc(NC(=O)[C@@H]2CCC[C@@H]2CN)cc1S(=O)(=O)NC1CC1.Cl. The monoisotopic (exact) mass is 403 g/mol. The van der Waals surface area contributed by atoms with Crippen LogP contribution in [0.5, 0.6) is 5.75 Å². The summed E-state index contributed by atoms with van der Waals surface area (Å²) in [7, 11) is -2.25. The number of nitrogens with one attached hydrogen (secondary N) is 2. The van der Waals surface area contributed by atoms with Crippen LogP contribution in [0.1, 0.15) is 32.1 Å². The minimum Gasteiger partial charge on any atom is -0.495 e. The van der Waals surface area contributed by atoms with Crippen LogP contribution < -0.4 is 20.5 Å². The molecule has 4 N–H and O–H groups in total. The van der Waals surface area contributed by atoms with Crippen LogP contribution in [-0.2, 0) is 14.8 Å². The van der Waals surface area contributed by atoms with E-state index >= 15 is 0 Å². The van der Waals surface area contributed by atoms with Crippen molar-refractivity contribution in [2.45, 2.75) is 43.0 Å². The second-order valence-corrected chi connectivity index (χ2v) is 8.47. The normalized spacial score (nSPS) is 22.5. The first-order valence-electron chi connectivity index (χ1n) is 8.66. The van der Waals surface area contributed by atoms with E-state index in [-0.39, 0.29) is 46.8 Å². The van der Waals surface area contributed by atoms with E-state index in [1.54, 1.807) is 12.1 Å². The highest BCUT2D eigenvalue weighted by atomic mass is 35.5. The molecule has 26 heavy (non-hydrogen) atoms. The standard InChI is InChI=1S/C17H25N3O4S.ClH/c1-24-15-8-7-13(9-16(15)25(22,23)20-12-5-6-12)19-17(21)14-4-2-3-11(14)10-18;/h7-9,11-12,14,20H,2-6,10,18H2,1H3,(H,19,21);1H/t11-,14-;/m1./s1. The Bertz CT molecular complexity index is 752. The van der Waals surface area contributed by atoms with Crippen molar-refractivity contribution in [1.82, 2.24) is 4.72 Å². The number of hydrogen-bond donors (Lipinski definition) is 3. The molecule has 3 rings (SSSR count). The van der Waals surface area contributed by atoms with Crippen LogP contribution in [0, 0.1) is 11.8 Å². The summed E-state index contributed by atoms with van der Waals surface area (Å²) in [6, 6.07) is 4.66. The van der Waals surface area contributed by atoms with Crippen LogP contribution in [0.15, 0.2) is 23.1 Å². The molecule has 0 bridgehead atoms. The van der Waals surface area contributed by atoms with Crippen molar-refractivity contribution in [2.24, 2.45) is 17.6 Å². The molecule has 1 amide bonds. The molecule has 7 nitrogen and oxygen atoms in total. The number of sulfonamides is 1. The molecule has 0 unspecified atom stereocenters. The second kappa shape index (κ2) is 8.56. The summed E-state index contributed by atoms with van der Waals surface area (Å²) in [5.74, 6) is 0.234. The molecular formula is C17H26ClN3O4S. The van der Waals surface area contributed by atoms with Crippen LogP contribution in [0.2, 0.25) is 0 Å². The Morgan fingerprint density at radius 2 is 2.00 bits per heavy atom. The Hall–Kier alpha value is -1.35. The molecule has 2 atom stereocenters. The van der Waals surface area contributed by atoms with Crippen LogP contribution >= 0.6 is 12.4 Å². The second-order valence-electron chi connectivity index (χ2n) is 6.78. The number of amides is 1. The molecule has 0 aliphatic heterocycles. The van der Waals surface area contributed by atoms with Crippen LogP contribution in [0.25, 0.3) is 0 Å². The molecule has 0 heterocycles. The maximum atomic E-state index is 12.5. The summed E-state index contributed by atoms with van der Waals surface area (Å²) in [5.41, 5.74) is 6.19. The lowest BCUT2D eigenvalue weighted by molar-refractivity contribution is -0.120. The van der Waals surface area contributed by atoms with Gasteiger partial charge in [0, 0.05) is 17.6 Å². The van der Waals surface area contributed by atoms with Gasteiger partial charge in [-0.15, -0.1) is 12.4 Å². The number of nitrogens with two attached hydrogens (primary N) is 1. The van der Waals surface area contributed by atoms with Gasteiger partial charge in [0.05, 0.1) is 7.11 Å². The number of anilines is 1. The molecule has 1 aromatic carbocycles. The third-order valence-electron chi connectivity index (χ3n) is 4.92. The smallest absolute Gasteiger partial charge is 0.244 e. The third kappa shape index (κ3) is 4.68. The van der Waals surface area contributed by atoms with E-state index in [0.717, 1.165) is 32.1 Å². The molecule has 146 valence electrons. The summed E-state index contributed by atoms with van der Waals surface area (Å²) >= 11 is 0. The highest BCUT2D eigenvalue weighted by Crippen LogP contribution is 2.33. The average Bonchev–Trinajstić information content (AvgIpc) is 3.25. The lowest BCUT2D eigenvalue weighted by atomic mass is 9.95. The minimum absolute atomic E-state index is 0. The topological polar surface area (TPSA) is 111 Å². The Kier molecular flexibility index (Phi) is 6.90. The maximum Gasteiger partial charge on any atom is 0.244 e. The van der Waals surface area contributed by atoms with Gasteiger partial charge in [-0.3, -0.25) is 4.79 Å². The average molecular weight is 404 g/mol. The van der Waals surface area contributed by atoms with Gasteiger partial charge >= 0.3 is 0 Å². The fraction of sp³-hybridized carbons (Fsp3) is 0.588. The van der Waals surface area contributed by atoms with E-state index in [1.807, 2.05) is 0 Å². The first kappa shape index (κ1) is 21.0. The number of rotatable bonds is 7. The van der Waals surface area contributed by atoms with Gasteiger partial charge in [0.15, 0.2) is 0 Å². The lowest BCUT2D eigenvalue weighted by Crippen LogP contribution is -2.30.